The summed E-state index contributed by atoms with van der Waals surface area (Å²) >= 11 is 0. The molecule has 17 heavy (non-hydrogen) atoms. The highest BCUT2D eigenvalue weighted by molar-refractivity contribution is 5.57. The second kappa shape index (κ2) is 4.96. The number of nitrogens with one attached hydrogen (secondary N) is 1. The Labute approximate surface area is 103 Å². The Bertz CT molecular complexity index is 376. The average Bonchev–Trinajstić information content (AvgIpc) is 3.13. The highest BCUT2D eigenvalue weighted by Crippen LogP contribution is 2.38. The monoisotopic (exact) mass is 235 g/mol. The van der Waals surface area contributed by atoms with Gasteiger partial charge in [-0.05, 0) is 31.4 Å². The zero-order valence-electron chi connectivity index (χ0n) is 10.6. The van der Waals surface area contributed by atoms with E-state index in [0.717, 1.165) is 23.8 Å². The maximum absolute atomic E-state index is 9.58. The molecule has 1 aromatic rings. The summed E-state index contributed by atoms with van der Waals surface area (Å²) in [6, 6.07) is 7.83. The topological polar surface area (TPSA) is 41.5 Å². The number of methoxy groups -OCH3 is 1. The van der Waals surface area contributed by atoms with Gasteiger partial charge in [-0.3, -0.25) is 0 Å². The summed E-state index contributed by atoms with van der Waals surface area (Å²) in [4.78, 5) is 0. The van der Waals surface area contributed by atoms with Crippen LogP contribution in [-0.4, -0.2) is 24.4 Å². The van der Waals surface area contributed by atoms with E-state index in [1.54, 1.807) is 7.11 Å². The van der Waals surface area contributed by atoms with Crippen molar-refractivity contribution in [1.82, 2.24) is 0 Å². The fourth-order valence-electron chi connectivity index (χ4n) is 2.19. The molecule has 0 amide bonds. The molecule has 2 rings (SSSR count). The number of benzene rings is 1. The fraction of sp³-hybridized carbons (Fsp3) is 0.571. The second-order valence-corrected chi connectivity index (χ2v) is 5.19. The van der Waals surface area contributed by atoms with Crippen molar-refractivity contribution in [2.75, 3.05) is 19.0 Å². The van der Waals surface area contributed by atoms with Crippen LogP contribution in [0.3, 0.4) is 0 Å². The van der Waals surface area contributed by atoms with Crippen molar-refractivity contribution in [3.63, 3.8) is 0 Å². The van der Waals surface area contributed by atoms with E-state index in [-0.39, 0.29) is 12.1 Å². The van der Waals surface area contributed by atoms with Crippen molar-refractivity contribution < 1.29 is 9.84 Å². The van der Waals surface area contributed by atoms with Gasteiger partial charge in [0.1, 0.15) is 5.75 Å². The van der Waals surface area contributed by atoms with E-state index in [1.807, 2.05) is 24.3 Å². The molecule has 0 spiro atoms. The molecule has 1 aliphatic carbocycles. The normalized spacial score (nSPS) is 18.5. The molecule has 0 aromatic heterocycles. The average molecular weight is 235 g/mol. The molecule has 3 nitrogen and oxygen atoms in total. The molecule has 1 saturated carbocycles. The first-order valence-corrected chi connectivity index (χ1v) is 6.19. The summed E-state index contributed by atoms with van der Waals surface area (Å²) in [6.45, 7) is 2.21. The van der Waals surface area contributed by atoms with Crippen molar-refractivity contribution in [2.24, 2.45) is 5.92 Å². The van der Waals surface area contributed by atoms with Gasteiger partial charge in [0.05, 0.1) is 24.9 Å². The highest BCUT2D eigenvalue weighted by Gasteiger charge is 2.33. The summed E-state index contributed by atoms with van der Waals surface area (Å²) < 4.78 is 5.31. The summed E-state index contributed by atoms with van der Waals surface area (Å²) in [5, 5.41) is 13.0. The van der Waals surface area contributed by atoms with Crippen LogP contribution in [0.5, 0.6) is 5.75 Å². The predicted molar refractivity (Wildman–Crippen MR) is 69.4 cm³/mol. The third-order valence-corrected chi connectivity index (χ3v) is 3.33. The number of para-hydroxylation sites is 2. The molecule has 1 aromatic carbocycles. The van der Waals surface area contributed by atoms with Gasteiger partial charge in [-0.25, -0.2) is 0 Å². The minimum absolute atomic E-state index is 0.140. The van der Waals surface area contributed by atoms with Crippen LogP contribution >= 0.6 is 0 Å². The number of aliphatic hydroxyl groups excluding tert-OH is 1. The standard InChI is InChI=1S/C14H21NO2/c1-14(10-16,9-11-7-8-11)15-12-5-3-4-6-13(12)17-2/h3-6,11,15-16H,7-10H2,1-2H3. The van der Waals surface area contributed by atoms with Gasteiger partial charge in [0, 0.05) is 0 Å². The summed E-state index contributed by atoms with van der Waals surface area (Å²) in [5.41, 5.74) is 0.697. The van der Waals surface area contributed by atoms with E-state index in [9.17, 15) is 5.11 Å². The first kappa shape index (κ1) is 12.2. The van der Waals surface area contributed by atoms with E-state index < -0.39 is 0 Å². The fourth-order valence-corrected chi connectivity index (χ4v) is 2.19. The van der Waals surface area contributed by atoms with Crippen molar-refractivity contribution in [2.45, 2.75) is 31.7 Å². The Balaban J connectivity index is 2.10. The molecule has 0 saturated heterocycles. The first-order valence-electron chi connectivity index (χ1n) is 6.19. The van der Waals surface area contributed by atoms with Gasteiger partial charge in [0.2, 0.25) is 0 Å². The van der Waals surface area contributed by atoms with Crippen molar-refractivity contribution in [3.05, 3.63) is 24.3 Å². The van der Waals surface area contributed by atoms with Crippen molar-refractivity contribution in [3.8, 4) is 5.75 Å². The molecular weight excluding hydrogens is 214 g/mol. The van der Waals surface area contributed by atoms with Crippen LogP contribution in [0.15, 0.2) is 24.3 Å². The van der Waals surface area contributed by atoms with Gasteiger partial charge >= 0.3 is 0 Å². The molecule has 0 aliphatic heterocycles. The number of ether oxygens (including phenoxy) is 1. The van der Waals surface area contributed by atoms with E-state index in [2.05, 4.69) is 12.2 Å². The molecule has 3 heteroatoms. The maximum Gasteiger partial charge on any atom is 0.141 e. The summed E-state index contributed by atoms with van der Waals surface area (Å²) in [6.07, 6.45) is 3.61. The molecule has 1 fully saturated rings. The Hall–Kier alpha value is -1.22. The number of hydrogen-bond donors (Lipinski definition) is 2. The molecule has 2 N–H and O–H groups in total. The molecule has 1 atom stereocenters. The zero-order chi connectivity index (χ0) is 12.3. The molecule has 1 unspecified atom stereocenters. The Kier molecular flexibility index (Phi) is 3.57. The van der Waals surface area contributed by atoms with Crippen LogP contribution < -0.4 is 10.1 Å². The van der Waals surface area contributed by atoms with Gasteiger partial charge in [0.15, 0.2) is 0 Å². The lowest BCUT2D eigenvalue weighted by Gasteiger charge is -2.30. The van der Waals surface area contributed by atoms with E-state index in [0.29, 0.717) is 0 Å². The highest BCUT2D eigenvalue weighted by atomic mass is 16.5. The van der Waals surface area contributed by atoms with Gasteiger partial charge in [-0.2, -0.15) is 0 Å². The van der Waals surface area contributed by atoms with Crippen LogP contribution in [0.25, 0.3) is 0 Å². The number of aliphatic hydroxyl groups is 1. The van der Waals surface area contributed by atoms with Gasteiger partial charge in [-0.15, -0.1) is 0 Å². The molecule has 94 valence electrons. The Morgan fingerprint density at radius 1 is 1.41 bits per heavy atom. The summed E-state index contributed by atoms with van der Waals surface area (Å²) in [5.74, 6) is 1.59. The molecule has 1 aliphatic rings. The quantitative estimate of drug-likeness (QED) is 0.796. The minimum atomic E-state index is -0.254. The molecule has 0 bridgehead atoms. The lowest BCUT2D eigenvalue weighted by molar-refractivity contribution is 0.209. The van der Waals surface area contributed by atoms with Crippen molar-refractivity contribution >= 4 is 5.69 Å². The summed E-state index contributed by atoms with van der Waals surface area (Å²) in [7, 11) is 1.66. The maximum atomic E-state index is 9.58. The van der Waals surface area contributed by atoms with Crippen LogP contribution in [0, 0.1) is 5.92 Å². The van der Waals surface area contributed by atoms with Crippen LogP contribution in [-0.2, 0) is 0 Å². The zero-order valence-corrected chi connectivity index (χ0v) is 10.6. The van der Waals surface area contributed by atoms with Crippen molar-refractivity contribution in [1.29, 1.82) is 0 Å². The smallest absolute Gasteiger partial charge is 0.141 e. The first-order chi connectivity index (χ1) is 8.17. The lowest BCUT2D eigenvalue weighted by atomic mass is 9.95. The number of rotatable bonds is 6. The molecule has 0 radical (unpaired) electrons. The van der Waals surface area contributed by atoms with Crippen LogP contribution in [0.2, 0.25) is 0 Å². The van der Waals surface area contributed by atoms with Gasteiger partial charge in [0.25, 0.3) is 0 Å². The third-order valence-electron chi connectivity index (χ3n) is 3.33. The van der Waals surface area contributed by atoms with E-state index in [4.69, 9.17) is 4.74 Å². The molecule has 0 heterocycles. The Morgan fingerprint density at radius 2 is 2.12 bits per heavy atom. The predicted octanol–water partition coefficient (Wildman–Crippen LogP) is 2.66. The second-order valence-electron chi connectivity index (χ2n) is 5.19. The SMILES string of the molecule is COc1ccccc1NC(C)(CO)CC1CC1. The third kappa shape index (κ3) is 3.13. The number of hydrogen-bond acceptors (Lipinski definition) is 3. The van der Waals surface area contributed by atoms with E-state index in [1.165, 1.54) is 12.8 Å². The van der Waals surface area contributed by atoms with Gasteiger partial charge in [-0.1, -0.05) is 25.0 Å². The van der Waals surface area contributed by atoms with Crippen LogP contribution in [0.1, 0.15) is 26.2 Å². The molecular formula is C14H21NO2. The number of anilines is 1. The minimum Gasteiger partial charge on any atom is -0.495 e. The van der Waals surface area contributed by atoms with E-state index >= 15 is 0 Å². The van der Waals surface area contributed by atoms with Gasteiger partial charge < -0.3 is 15.2 Å². The largest absolute Gasteiger partial charge is 0.495 e. The van der Waals surface area contributed by atoms with Crippen LogP contribution in [0.4, 0.5) is 5.69 Å². The lowest BCUT2D eigenvalue weighted by Crippen LogP contribution is -2.39. The Morgan fingerprint density at radius 3 is 2.71 bits per heavy atom.